The first-order valence-electron chi connectivity index (χ1n) is 0. The van der Waals surface area contributed by atoms with Gasteiger partial charge in [0.2, 0.25) is 0 Å². The van der Waals surface area contributed by atoms with E-state index in [-0.39, 0.29) is 77.5 Å². The van der Waals surface area contributed by atoms with E-state index < -0.39 is 0 Å². The molecule has 1 radical (unpaired) electrons. The zero-order chi connectivity index (χ0) is 0. The Kier molecular flexibility index (Phi) is 3710. The minimum absolute atomic E-state index is 0. The molecule has 0 aromatic carbocycles. The Hall–Kier alpha value is 1.58. The molecule has 0 saturated heterocycles. The van der Waals surface area contributed by atoms with Crippen molar-refractivity contribution < 1.29 is 77.5 Å². The molecule has 0 amide bonds. The summed E-state index contributed by atoms with van der Waals surface area (Å²) in [5.41, 5.74) is 0. The molecule has 0 rings (SSSR count). The van der Waals surface area contributed by atoms with Gasteiger partial charge in [-0.3, -0.25) is 0 Å². The van der Waals surface area contributed by atoms with Gasteiger partial charge in [-0.15, -0.1) is 0 Å². The second-order valence-electron chi connectivity index (χ2n) is 0. The third-order valence-electron chi connectivity index (χ3n) is 0. The Balaban J connectivity index is 0. The summed E-state index contributed by atoms with van der Waals surface area (Å²) in [7, 11) is 0. The average Bonchev–Trinajstić information content (AvgIpc) is 0. The molecular formula is CoFeO4Ti. The zero-order valence-corrected chi connectivity index (χ0v) is 6.53. The summed E-state index contributed by atoms with van der Waals surface area (Å²) in [6.45, 7) is 0. The SMILES string of the molecule is [Co+2].[Fe+2].[O-2].[O-2].[O-2].[O-2].[Ti+4]. The van der Waals surface area contributed by atoms with Crippen molar-refractivity contribution in [2.45, 2.75) is 0 Å². The van der Waals surface area contributed by atoms with E-state index in [1.165, 1.54) is 0 Å². The van der Waals surface area contributed by atoms with Gasteiger partial charge in [-0.1, -0.05) is 0 Å². The van der Waals surface area contributed by atoms with Crippen molar-refractivity contribution in [1.82, 2.24) is 0 Å². The Morgan fingerprint density at radius 3 is 0.571 bits per heavy atom. The standard InChI is InChI=1S/Co.Fe.4O.Ti/q2*+2;4*-2;+4. The fourth-order valence-corrected chi connectivity index (χ4v) is 0. The smallest absolute Gasteiger partial charge is 2.00 e. The fourth-order valence-electron chi connectivity index (χ4n) is 0. The van der Waals surface area contributed by atoms with Crippen LogP contribution in [0.1, 0.15) is 0 Å². The summed E-state index contributed by atoms with van der Waals surface area (Å²) in [5, 5.41) is 0. The number of rotatable bonds is 0. The first-order chi connectivity index (χ1) is 0. The van der Waals surface area contributed by atoms with Crippen molar-refractivity contribution >= 4 is 0 Å². The van der Waals surface area contributed by atoms with E-state index in [1.807, 2.05) is 0 Å². The molecule has 45 valence electrons. The van der Waals surface area contributed by atoms with E-state index in [9.17, 15) is 0 Å². The van der Waals surface area contributed by atoms with Crippen LogP contribution in [0.5, 0.6) is 0 Å². The Morgan fingerprint density at radius 2 is 0.571 bits per heavy atom. The second-order valence-corrected chi connectivity index (χ2v) is 0. The quantitative estimate of drug-likeness (QED) is 0.497. The van der Waals surface area contributed by atoms with Crippen LogP contribution in [0.25, 0.3) is 0 Å². The van der Waals surface area contributed by atoms with Gasteiger partial charge >= 0.3 is 55.6 Å². The summed E-state index contributed by atoms with van der Waals surface area (Å²) in [6, 6.07) is 0. The van der Waals surface area contributed by atoms with Gasteiger partial charge in [0, 0.05) is 0 Å². The maximum atomic E-state index is 0. The molecule has 0 aliphatic heterocycles. The van der Waals surface area contributed by atoms with Gasteiger partial charge in [-0.25, -0.2) is 0 Å². The summed E-state index contributed by atoms with van der Waals surface area (Å²) in [4.78, 5) is 0. The molecule has 0 saturated carbocycles. The van der Waals surface area contributed by atoms with Gasteiger partial charge in [-0.05, 0) is 0 Å². The van der Waals surface area contributed by atoms with E-state index in [4.69, 9.17) is 0 Å². The van der Waals surface area contributed by atoms with Crippen LogP contribution in [-0.4, -0.2) is 0 Å². The van der Waals surface area contributed by atoms with Gasteiger partial charge in [-0.2, -0.15) is 0 Å². The van der Waals surface area contributed by atoms with Crippen LogP contribution in [0.4, 0.5) is 0 Å². The minimum Gasteiger partial charge on any atom is -2.00 e. The Bertz CT molecular complexity index is 11.7. The molecule has 7 heavy (non-hydrogen) atoms. The second kappa shape index (κ2) is 131. The largest absolute Gasteiger partial charge is 4.00 e. The predicted octanol–water partition coefficient (Wildman–Crippen LogP) is -0.483. The maximum Gasteiger partial charge on any atom is 4.00 e. The van der Waals surface area contributed by atoms with E-state index in [0.717, 1.165) is 0 Å². The van der Waals surface area contributed by atoms with Crippen LogP contribution in [0.15, 0.2) is 0 Å². The van der Waals surface area contributed by atoms with E-state index >= 15 is 0 Å². The van der Waals surface area contributed by atoms with E-state index in [1.54, 1.807) is 0 Å². The molecule has 7 heteroatoms. The molecule has 0 N–H and O–H groups in total. The molecule has 0 bridgehead atoms. The maximum absolute atomic E-state index is 0. The van der Waals surface area contributed by atoms with Crippen LogP contribution < -0.4 is 0 Å². The van der Waals surface area contributed by atoms with E-state index in [2.05, 4.69) is 0 Å². The van der Waals surface area contributed by atoms with Gasteiger partial charge < -0.3 is 21.9 Å². The summed E-state index contributed by atoms with van der Waals surface area (Å²) >= 11 is 0. The number of hydrogen-bond acceptors (Lipinski definition) is 0. The monoisotopic (exact) mass is 227 g/mol. The Morgan fingerprint density at radius 1 is 0.571 bits per heavy atom. The van der Waals surface area contributed by atoms with Crippen molar-refractivity contribution in [2.75, 3.05) is 0 Å². The third kappa shape index (κ3) is 94.5. The van der Waals surface area contributed by atoms with Gasteiger partial charge in [0.25, 0.3) is 0 Å². The third-order valence-corrected chi connectivity index (χ3v) is 0. The molecule has 0 spiro atoms. The normalized spacial score (nSPS) is 0. The van der Waals surface area contributed by atoms with Crippen molar-refractivity contribution in [1.29, 1.82) is 0 Å². The first-order valence-corrected chi connectivity index (χ1v) is 0. The summed E-state index contributed by atoms with van der Waals surface area (Å²) in [5.74, 6) is 0. The topological polar surface area (TPSA) is 114 Å². The molecule has 4 nitrogen and oxygen atoms in total. The molecular weight excluding hydrogens is 227 g/mol. The van der Waals surface area contributed by atoms with Crippen LogP contribution in [0.2, 0.25) is 0 Å². The molecule has 0 aromatic heterocycles. The first kappa shape index (κ1) is 197. The van der Waals surface area contributed by atoms with Crippen molar-refractivity contribution in [3.63, 3.8) is 0 Å². The van der Waals surface area contributed by atoms with Crippen LogP contribution in [0, 0.1) is 0 Å². The molecule has 0 aromatic rings. The molecule has 0 aliphatic carbocycles. The van der Waals surface area contributed by atoms with Gasteiger partial charge in [0.1, 0.15) is 0 Å². The van der Waals surface area contributed by atoms with E-state index in [0.29, 0.717) is 0 Å². The molecule has 0 fully saturated rings. The van der Waals surface area contributed by atoms with Crippen LogP contribution in [0.3, 0.4) is 0 Å². The molecule has 0 atom stereocenters. The predicted molar refractivity (Wildman–Crippen MR) is 2.75 cm³/mol. The average molecular weight is 227 g/mol. The molecule has 0 unspecified atom stereocenters. The summed E-state index contributed by atoms with van der Waals surface area (Å²) in [6.07, 6.45) is 0. The van der Waals surface area contributed by atoms with Crippen molar-refractivity contribution in [2.24, 2.45) is 0 Å². The van der Waals surface area contributed by atoms with Crippen molar-refractivity contribution in [3.05, 3.63) is 0 Å². The van der Waals surface area contributed by atoms with Crippen LogP contribution >= 0.6 is 0 Å². The zero-order valence-electron chi connectivity index (χ0n) is 2.82. The van der Waals surface area contributed by atoms with Crippen molar-refractivity contribution in [3.8, 4) is 0 Å². The molecule has 0 aliphatic rings. The van der Waals surface area contributed by atoms with Gasteiger partial charge in [0.05, 0.1) is 0 Å². The fraction of sp³-hybridized carbons (Fsp3) is 0. The van der Waals surface area contributed by atoms with Gasteiger partial charge in [0.15, 0.2) is 0 Å². The minimum atomic E-state index is 0. The Labute approximate surface area is 77.2 Å². The molecule has 0 heterocycles. The summed E-state index contributed by atoms with van der Waals surface area (Å²) < 4.78 is 0. The number of hydrogen-bond donors (Lipinski definition) is 0. The van der Waals surface area contributed by atoms with Crippen LogP contribution in [-0.2, 0) is 77.5 Å².